The van der Waals surface area contributed by atoms with Gasteiger partial charge in [-0.15, -0.1) is 0 Å². The normalized spacial score (nSPS) is 24.8. The Balaban J connectivity index is 1.57. The average molecular weight is 378 g/mol. The molecule has 0 bridgehead atoms. The Bertz CT molecular complexity index is 772. The molecule has 9 heteroatoms. The summed E-state index contributed by atoms with van der Waals surface area (Å²) in [5, 5.41) is 2.78. The van der Waals surface area contributed by atoms with Crippen LogP contribution >= 0.6 is 0 Å². The van der Waals surface area contributed by atoms with Crippen molar-refractivity contribution in [2.75, 3.05) is 13.7 Å². The Kier molecular flexibility index (Phi) is 5.20. The van der Waals surface area contributed by atoms with E-state index in [0.29, 0.717) is 6.42 Å². The third-order valence-electron chi connectivity index (χ3n) is 5.21. The largest absolute Gasteiger partial charge is 0.463 e. The first kappa shape index (κ1) is 18.9. The van der Waals surface area contributed by atoms with Gasteiger partial charge in [0.15, 0.2) is 0 Å². The number of hydrogen-bond acceptors (Lipinski definition) is 7. The summed E-state index contributed by atoms with van der Waals surface area (Å²) in [5.74, 6) is -1.50. The molecule has 1 spiro atoms. The van der Waals surface area contributed by atoms with Crippen LogP contribution in [0.25, 0.3) is 0 Å². The first-order valence-corrected chi connectivity index (χ1v) is 8.84. The van der Waals surface area contributed by atoms with Gasteiger partial charge < -0.3 is 19.2 Å². The van der Waals surface area contributed by atoms with Crippen molar-refractivity contribution in [3.8, 4) is 0 Å². The second-order valence-electron chi connectivity index (χ2n) is 6.86. The minimum Gasteiger partial charge on any atom is -0.463 e. The Morgan fingerprint density at radius 1 is 1.33 bits per heavy atom. The number of carbonyl (C=O) groups excluding carboxylic acids is 4. The van der Waals surface area contributed by atoms with Crippen LogP contribution in [-0.2, 0) is 25.7 Å². The van der Waals surface area contributed by atoms with Crippen molar-refractivity contribution >= 4 is 23.9 Å². The number of nitrogens with zero attached hydrogens (tertiary/aromatic N) is 1. The lowest BCUT2D eigenvalue weighted by atomic mass is 9.73. The minimum absolute atomic E-state index is 0.00845. The lowest BCUT2D eigenvalue weighted by Gasteiger charge is -2.36. The molecule has 1 saturated carbocycles. The number of nitrogens with one attached hydrogen (secondary N) is 1. The van der Waals surface area contributed by atoms with E-state index in [-0.39, 0.29) is 30.0 Å². The van der Waals surface area contributed by atoms with Crippen LogP contribution in [-0.4, -0.2) is 48.0 Å². The summed E-state index contributed by atoms with van der Waals surface area (Å²) >= 11 is 0. The van der Waals surface area contributed by atoms with Gasteiger partial charge >= 0.3 is 18.0 Å². The molecule has 0 aromatic carbocycles. The van der Waals surface area contributed by atoms with Gasteiger partial charge in [-0.1, -0.05) is 19.8 Å². The SMILES string of the molecule is COC(=O)c1ccc(COC(=O)CN2C(=O)N[C@@]3(CCCC[C@H]3C)C2=O)o1. The van der Waals surface area contributed by atoms with E-state index in [1.54, 1.807) is 0 Å². The smallest absolute Gasteiger partial charge is 0.373 e. The molecule has 1 aliphatic carbocycles. The number of amides is 3. The third kappa shape index (κ3) is 3.54. The summed E-state index contributed by atoms with van der Waals surface area (Å²) in [5.41, 5.74) is -0.911. The van der Waals surface area contributed by atoms with Crippen LogP contribution in [0.1, 0.15) is 48.9 Å². The lowest BCUT2D eigenvalue weighted by Crippen LogP contribution is -2.54. The zero-order valence-corrected chi connectivity index (χ0v) is 15.3. The molecule has 1 N–H and O–H groups in total. The Hall–Kier alpha value is -2.84. The van der Waals surface area contributed by atoms with Crippen LogP contribution in [0, 0.1) is 5.92 Å². The number of furan rings is 1. The molecule has 0 unspecified atom stereocenters. The number of rotatable bonds is 5. The van der Waals surface area contributed by atoms with E-state index in [0.717, 1.165) is 24.2 Å². The fourth-order valence-electron chi connectivity index (χ4n) is 3.63. The van der Waals surface area contributed by atoms with Crippen molar-refractivity contribution < 1.29 is 33.1 Å². The summed E-state index contributed by atoms with van der Waals surface area (Å²) in [6.07, 6.45) is 3.30. The molecule has 2 aliphatic rings. The van der Waals surface area contributed by atoms with Crippen molar-refractivity contribution in [1.82, 2.24) is 10.2 Å². The van der Waals surface area contributed by atoms with Crippen molar-refractivity contribution in [2.24, 2.45) is 5.92 Å². The van der Waals surface area contributed by atoms with E-state index in [1.807, 2.05) is 6.92 Å². The monoisotopic (exact) mass is 378 g/mol. The highest BCUT2D eigenvalue weighted by atomic mass is 16.6. The maximum absolute atomic E-state index is 12.8. The van der Waals surface area contributed by atoms with E-state index in [9.17, 15) is 19.2 Å². The van der Waals surface area contributed by atoms with E-state index in [4.69, 9.17) is 9.15 Å². The van der Waals surface area contributed by atoms with Crippen LogP contribution in [0.3, 0.4) is 0 Å². The van der Waals surface area contributed by atoms with E-state index in [1.165, 1.54) is 19.2 Å². The van der Waals surface area contributed by atoms with Crippen molar-refractivity contribution in [2.45, 2.75) is 44.8 Å². The first-order chi connectivity index (χ1) is 12.9. The fraction of sp³-hybridized carbons (Fsp3) is 0.556. The van der Waals surface area contributed by atoms with Crippen molar-refractivity contribution in [3.63, 3.8) is 0 Å². The molecule has 1 saturated heterocycles. The molecular weight excluding hydrogens is 356 g/mol. The molecule has 146 valence electrons. The Labute approximate surface area is 156 Å². The fourth-order valence-corrected chi connectivity index (χ4v) is 3.63. The van der Waals surface area contributed by atoms with Crippen LogP contribution in [0.4, 0.5) is 4.79 Å². The highest BCUT2D eigenvalue weighted by molar-refractivity contribution is 6.08. The number of esters is 2. The zero-order valence-electron chi connectivity index (χ0n) is 15.3. The average Bonchev–Trinajstić information content (AvgIpc) is 3.21. The number of carbonyl (C=O) groups is 4. The van der Waals surface area contributed by atoms with E-state index >= 15 is 0 Å². The minimum atomic E-state index is -0.911. The molecule has 2 atom stereocenters. The van der Waals surface area contributed by atoms with Gasteiger partial charge in [-0.05, 0) is 30.9 Å². The first-order valence-electron chi connectivity index (χ1n) is 8.84. The molecule has 1 aliphatic heterocycles. The number of imide groups is 1. The number of methoxy groups -OCH3 is 1. The maximum atomic E-state index is 12.8. The van der Waals surface area contributed by atoms with Gasteiger partial charge in [0.2, 0.25) is 5.76 Å². The summed E-state index contributed by atoms with van der Waals surface area (Å²) in [6, 6.07) is 2.31. The topological polar surface area (TPSA) is 115 Å². The molecule has 1 aromatic rings. The van der Waals surface area contributed by atoms with Crippen molar-refractivity contribution in [1.29, 1.82) is 0 Å². The van der Waals surface area contributed by atoms with E-state index in [2.05, 4.69) is 10.1 Å². The Morgan fingerprint density at radius 2 is 2.11 bits per heavy atom. The summed E-state index contributed by atoms with van der Waals surface area (Å²) in [4.78, 5) is 49.4. The van der Waals surface area contributed by atoms with Gasteiger partial charge in [0.05, 0.1) is 7.11 Å². The second-order valence-corrected chi connectivity index (χ2v) is 6.86. The third-order valence-corrected chi connectivity index (χ3v) is 5.21. The summed E-state index contributed by atoms with van der Waals surface area (Å²) in [6.45, 7) is 1.25. The number of urea groups is 1. The van der Waals surface area contributed by atoms with Gasteiger partial charge in [0.25, 0.3) is 5.91 Å². The number of ether oxygens (including phenoxy) is 2. The van der Waals surface area contributed by atoms with Crippen molar-refractivity contribution in [3.05, 3.63) is 23.7 Å². The quantitative estimate of drug-likeness (QED) is 0.611. The van der Waals surface area contributed by atoms with E-state index < -0.39 is 30.1 Å². The number of hydrogen-bond donors (Lipinski definition) is 1. The van der Waals surface area contributed by atoms with Crippen LogP contribution in [0.5, 0.6) is 0 Å². The van der Waals surface area contributed by atoms with Gasteiger partial charge in [-0.3, -0.25) is 14.5 Å². The van der Waals surface area contributed by atoms with Crippen LogP contribution < -0.4 is 5.32 Å². The lowest BCUT2D eigenvalue weighted by molar-refractivity contribution is -0.149. The van der Waals surface area contributed by atoms with Gasteiger partial charge in [0, 0.05) is 0 Å². The van der Waals surface area contributed by atoms with Gasteiger partial charge in [-0.25, -0.2) is 9.59 Å². The summed E-state index contributed by atoms with van der Waals surface area (Å²) in [7, 11) is 1.22. The zero-order chi connectivity index (χ0) is 19.6. The highest BCUT2D eigenvalue weighted by Crippen LogP contribution is 2.38. The van der Waals surface area contributed by atoms with Crippen LogP contribution in [0.15, 0.2) is 16.5 Å². The van der Waals surface area contributed by atoms with Crippen LogP contribution in [0.2, 0.25) is 0 Å². The molecule has 2 heterocycles. The predicted octanol–water partition coefficient (Wildman–Crippen LogP) is 1.61. The van der Waals surface area contributed by atoms with Gasteiger partial charge in [0.1, 0.15) is 24.5 Å². The molecular formula is C18H22N2O7. The highest BCUT2D eigenvalue weighted by Gasteiger charge is 2.55. The standard InChI is InChI=1S/C18H22N2O7/c1-11-5-3-4-8-18(11)16(23)20(17(24)19-18)9-14(21)26-10-12-6-7-13(27-12)15(22)25-2/h6-7,11H,3-5,8-10H2,1-2H3,(H,19,24)/t11-,18-/m1/s1. The Morgan fingerprint density at radius 3 is 2.81 bits per heavy atom. The summed E-state index contributed by atoms with van der Waals surface area (Å²) < 4.78 is 14.8. The molecule has 9 nitrogen and oxygen atoms in total. The molecule has 0 radical (unpaired) electrons. The second kappa shape index (κ2) is 7.42. The molecule has 1 aromatic heterocycles. The molecule has 27 heavy (non-hydrogen) atoms. The molecule has 2 fully saturated rings. The maximum Gasteiger partial charge on any atom is 0.373 e. The van der Waals surface area contributed by atoms with Gasteiger partial charge in [-0.2, -0.15) is 0 Å². The predicted molar refractivity (Wildman–Crippen MR) is 90.5 cm³/mol. The molecule has 3 rings (SSSR count). The molecule has 3 amide bonds.